The van der Waals surface area contributed by atoms with Crippen molar-refractivity contribution in [3.05, 3.63) is 0 Å². The molecule has 5 nitrogen and oxygen atoms in total. The average molecular weight is 280 g/mol. The summed E-state index contributed by atoms with van der Waals surface area (Å²) in [5.41, 5.74) is -0.602. The summed E-state index contributed by atoms with van der Waals surface area (Å²) in [6.07, 6.45) is 5.69. The standard InChI is InChI=1S/C15H24N2O3/c1-10(20-2)9-17-13(18)12(11-5-6-11)16-14(19)15(17)7-3-4-8-15/h10-12H,3-9H2,1-2H3,(H,16,19). The van der Waals surface area contributed by atoms with Gasteiger partial charge in [0.2, 0.25) is 11.8 Å². The first-order valence-electron chi connectivity index (χ1n) is 7.74. The van der Waals surface area contributed by atoms with Crippen LogP contribution in [0.15, 0.2) is 0 Å². The SMILES string of the molecule is COC(C)CN1C(=O)C(C2CC2)NC(=O)C12CCCC2. The first kappa shape index (κ1) is 13.9. The van der Waals surface area contributed by atoms with E-state index in [1.54, 1.807) is 7.11 Å². The summed E-state index contributed by atoms with van der Waals surface area (Å²) >= 11 is 0. The molecule has 2 atom stereocenters. The number of nitrogens with zero attached hydrogens (tertiary/aromatic N) is 1. The predicted molar refractivity (Wildman–Crippen MR) is 74.0 cm³/mol. The highest BCUT2D eigenvalue weighted by atomic mass is 16.5. The number of nitrogens with one attached hydrogen (secondary N) is 1. The number of ether oxygens (including phenoxy) is 1. The lowest BCUT2D eigenvalue weighted by Crippen LogP contribution is -2.71. The van der Waals surface area contributed by atoms with Gasteiger partial charge in [-0.1, -0.05) is 12.8 Å². The molecule has 1 saturated heterocycles. The first-order valence-corrected chi connectivity index (χ1v) is 7.74. The Morgan fingerprint density at radius 1 is 1.35 bits per heavy atom. The molecule has 1 N–H and O–H groups in total. The maximum atomic E-state index is 12.8. The maximum Gasteiger partial charge on any atom is 0.246 e. The van der Waals surface area contributed by atoms with E-state index in [9.17, 15) is 9.59 Å². The van der Waals surface area contributed by atoms with E-state index in [4.69, 9.17) is 4.74 Å². The van der Waals surface area contributed by atoms with Gasteiger partial charge in [-0.15, -0.1) is 0 Å². The van der Waals surface area contributed by atoms with Crippen LogP contribution in [0.1, 0.15) is 45.4 Å². The van der Waals surface area contributed by atoms with Gasteiger partial charge >= 0.3 is 0 Å². The van der Waals surface area contributed by atoms with Crippen molar-refractivity contribution in [1.82, 2.24) is 10.2 Å². The van der Waals surface area contributed by atoms with Crippen LogP contribution in [0.2, 0.25) is 0 Å². The number of carbonyl (C=O) groups excluding carboxylic acids is 2. The van der Waals surface area contributed by atoms with Crippen LogP contribution in [0.5, 0.6) is 0 Å². The fourth-order valence-corrected chi connectivity index (χ4v) is 3.64. The van der Waals surface area contributed by atoms with Gasteiger partial charge in [0, 0.05) is 13.7 Å². The highest BCUT2D eigenvalue weighted by molar-refractivity contribution is 6.00. The van der Waals surface area contributed by atoms with Gasteiger partial charge in [-0.25, -0.2) is 0 Å². The Bertz CT molecular complexity index is 413. The van der Waals surface area contributed by atoms with Gasteiger partial charge < -0.3 is 15.0 Å². The van der Waals surface area contributed by atoms with Crippen molar-refractivity contribution < 1.29 is 14.3 Å². The van der Waals surface area contributed by atoms with Gasteiger partial charge in [0.25, 0.3) is 0 Å². The molecule has 1 spiro atoms. The van der Waals surface area contributed by atoms with Crippen LogP contribution >= 0.6 is 0 Å². The quantitative estimate of drug-likeness (QED) is 0.838. The molecule has 2 saturated carbocycles. The fourth-order valence-electron chi connectivity index (χ4n) is 3.64. The molecule has 0 aromatic carbocycles. The van der Waals surface area contributed by atoms with Crippen molar-refractivity contribution in [3.63, 3.8) is 0 Å². The predicted octanol–water partition coefficient (Wildman–Crippen LogP) is 1.07. The largest absolute Gasteiger partial charge is 0.380 e. The van der Waals surface area contributed by atoms with Gasteiger partial charge in [0.1, 0.15) is 11.6 Å². The van der Waals surface area contributed by atoms with Gasteiger partial charge in [-0.3, -0.25) is 9.59 Å². The Kier molecular flexibility index (Phi) is 3.48. The highest BCUT2D eigenvalue weighted by Gasteiger charge is 2.56. The topological polar surface area (TPSA) is 58.6 Å². The Balaban J connectivity index is 1.87. The molecule has 3 rings (SSSR count). The minimum Gasteiger partial charge on any atom is -0.380 e. The second kappa shape index (κ2) is 5.02. The Morgan fingerprint density at radius 3 is 2.55 bits per heavy atom. The molecule has 2 amide bonds. The van der Waals surface area contributed by atoms with Crippen molar-refractivity contribution >= 4 is 11.8 Å². The Morgan fingerprint density at radius 2 is 2.00 bits per heavy atom. The summed E-state index contributed by atoms with van der Waals surface area (Å²) in [6, 6.07) is -0.294. The van der Waals surface area contributed by atoms with Gasteiger partial charge in [-0.05, 0) is 38.5 Å². The number of methoxy groups -OCH3 is 1. The van der Waals surface area contributed by atoms with Gasteiger partial charge in [0.15, 0.2) is 0 Å². The summed E-state index contributed by atoms with van der Waals surface area (Å²) in [4.78, 5) is 27.3. The smallest absolute Gasteiger partial charge is 0.246 e. The number of hydrogen-bond acceptors (Lipinski definition) is 3. The normalized spacial score (nSPS) is 30.7. The molecule has 2 aliphatic carbocycles. The van der Waals surface area contributed by atoms with Crippen molar-refractivity contribution in [2.75, 3.05) is 13.7 Å². The molecule has 0 aromatic rings. The summed E-state index contributed by atoms with van der Waals surface area (Å²) in [7, 11) is 1.65. The van der Waals surface area contributed by atoms with E-state index >= 15 is 0 Å². The van der Waals surface area contributed by atoms with Crippen LogP contribution < -0.4 is 5.32 Å². The lowest BCUT2D eigenvalue weighted by Gasteiger charge is -2.47. The lowest BCUT2D eigenvalue weighted by atomic mass is 9.88. The number of piperazine rings is 1. The van der Waals surface area contributed by atoms with Crippen LogP contribution in [-0.2, 0) is 14.3 Å². The van der Waals surface area contributed by atoms with E-state index in [1.807, 2.05) is 11.8 Å². The summed E-state index contributed by atoms with van der Waals surface area (Å²) < 4.78 is 5.32. The van der Waals surface area contributed by atoms with E-state index in [2.05, 4.69) is 5.32 Å². The number of rotatable bonds is 4. The molecule has 1 aliphatic heterocycles. The molecule has 3 fully saturated rings. The van der Waals surface area contributed by atoms with E-state index in [-0.39, 0.29) is 24.0 Å². The average Bonchev–Trinajstić information content (AvgIpc) is 3.16. The van der Waals surface area contributed by atoms with Crippen LogP contribution in [0.25, 0.3) is 0 Å². The molecule has 20 heavy (non-hydrogen) atoms. The van der Waals surface area contributed by atoms with Crippen LogP contribution in [0.4, 0.5) is 0 Å². The molecule has 5 heteroatoms. The molecular weight excluding hydrogens is 256 g/mol. The van der Waals surface area contributed by atoms with E-state index in [1.165, 1.54) is 0 Å². The zero-order valence-corrected chi connectivity index (χ0v) is 12.4. The molecular formula is C15H24N2O3. The number of carbonyl (C=O) groups is 2. The summed E-state index contributed by atoms with van der Waals surface area (Å²) in [5.74, 6) is 0.526. The van der Waals surface area contributed by atoms with Crippen molar-refractivity contribution in [1.29, 1.82) is 0 Å². The van der Waals surface area contributed by atoms with E-state index in [0.29, 0.717) is 12.5 Å². The summed E-state index contributed by atoms with van der Waals surface area (Å²) in [6.45, 7) is 2.47. The highest BCUT2D eigenvalue weighted by Crippen LogP contribution is 2.42. The van der Waals surface area contributed by atoms with Gasteiger partial charge in [-0.2, -0.15) is 0 Å². The van der Waals surface area contributed by atoms with E-state index in [0.717, 1.165) is 38.5 Å². The second-order valence-electron chi connectivity index (χ2n) is 6.52. The third-order valence-electron chi connectivity index (χ3n) is 5.12. The van der Waals surface area contributed by atoms with Crippen LogP contribution in [0.3, 0.4) is 0 Å². The molecule has 0 bridgehead atoms. The molecule has 1 heterocycles. The lowest BCUT2D eigenvalue weighted by molar-refractivity contribution is -0.160. The zero-order valence-electron chi connectivity index (χ0n) is 12.4. The van der Waals surface area contributed by atoms with Crippen LogP contribution in [0, 0.1) is 5.92 Å². The first-order chi connectivity index (χ1) is 9.58. The minimum absolute atomic E-state index is 0.0396. The molecule has 0 aromatic heterocycles. The number of hydrogen-bond donors (Lipinski definition) is 1. The third-order valence-corrected chi connectivity index (χ3v) is 5.12. The maximum absolute atomic E-state index is 12.8. The monoisotopic (exact) mass is 280 g/mol. The molecule has 3 aliphatic rings. The second-order valence-corrected chi connectivity index (χ2v) is 6.52. The zero-order chi connectivity index (χ0) is 14.3. The van der Waals surface area contributed by atoms with Crippen molar-refractivity contribution in [2.45, 2.75) is 63.1 Å². The van der Waals surface area contributed by atoms with Gasteiger partial charge in [0.05, 0.1) is 6.10 Å². The van der Waals surface area contributed by atoms with Crippen molar-refractivity contribution in [3.8, 4) is 0 Å². The third kappa shape index (κ3) is 2.12. The van der Waals surface area contributed by atoms with Crippen LogP contribution in [-0.4, -0.2) is 48.1 Å². The molecule has 2 unspecified atom stereocenters. The summed E-state index contributed by atoms with van der Waals surface area (Å²) in [5, 5.41) is 3.01. The molecule has 0 radical (unpaired) electrons. The number of amides is 2. The fraction of sp³-hybridized carbons (Fsp3) is 0.867. The van der Waals surface area contributed by atoms with Crippen molar-refractivity contribution in [2.24, 2.45) is 5.92 Å². The molecule has 112 valence electrons. The minimum atomic E-state index is -0.602. The van der Waals surface area contributed by atoms with E-state index < -0.39 is 5.54 Å². The Labute approximate surface area is 120 Å². The Hall–Kier alpha value is -1.10.